The maximum atomic E-state index is 12.6. The van der Waals surface area contributed by atoms with Crippen LogP contribution in [0.15, 0.2) is 12.1 Å². The molecule has 16 heavy (non-hydrogen) atoms. The van der Waals surface area contributed by atoms with Crippen molar-refractivity contribution in [3.8, 4) is 5.75 Å². The van der Waals surface area contributed by atoms with E-state index in [0.29, 0.717) is 11.3 Å². The minimum Gasteiger partial charge on any atom is -0.496 e. The molecule has 0 saturated heterocycles. The first kappa shape index (κ1) is 13.2. The Bertz CT molecular complexity index is 386. The van der Waals surface area contributed by atoms with Gasteiger partial charge in [-0.2, -0.15) is 13.2 Å². The number of halogens is 4. The highest BCUT2D eigenvalue weighted by molar-refractivity contribution is 6.31. The van der Waals surface area contributed by atoms with Gasteiger partial charge in [0.05, 0.1) is 17.7 Å². The second-order valence-corrected chi connectivity index (χ2v) is 4.13. The van der Waals surface area contributed by atoms with Crippen molar-refractivity contribution in [1.82, 2.24) is 0 Å². The Hall–Kier alpha value is -0.900. The van der Waals surface area contributed by atoms with Crippen molar-refractivity contribution in [3.63, 3.8) is 0 Å². The van der Waals surface area contributed by atoms with Gasteiger partial charge in [0.2, 0.25) is 0 Å². The Labute approximate surface area is 97.2 Å². The number of hydrogen-bond acceptors (Lipinski definition) is 1. The molecular formula is C11H12ClF3O. The van der Waals surface area contributed by atoms with Gasteiger partial charge >= 0.3 is 6.18 Å². The lowest BCUT2D eigenvalue weighted by Crippen LogP contribution is -2.08. The van der Waals surface area contributed by atoms with Crippen LogP contribution in [0.4, 0.5) is 13.2 Å². The zero-order valence-corrected chi connectivity index (χ0v) is 9.91. The van der Waals surface area contributed by atoms with E-state index < -0.39 is 11.7 Å². The lowest BCUT2D eigenvalue weighted by Gasteiger charge is -2.16. The van der Waals surface area contributed by atoms with Crippen molar-refractivity contribution in [2.24, 2.45) is 0 Å². The fourth-order valence-corrected chi connectivity index (χ4v) is 1.68. The molecule has 0 bridgehead atoms. The number of rotatable bonds is 2. The fraction of sp³-hybridized carbons (Fsp3) is 0.455. The average Bonchev–Trinajstić information content (AvgIpc) is 2.14. The number of methoxy groups -OCH3 is 1. The molecule has 0 atom stereocenters. The minimum atomic E-state index is -4.44. The molecule has 1 rings (SSSR count). The molecule has 1 aromatic carbocycles. The summed E-state index contributed by atoms with van der Waals surface area (Å²) in [6, 6.07) is 2.26. The van der Waals surface area contributed by atoms with Gasteiger partial charge in [-0.1, -0.05) is 25.4 Å². The molecule has 0 aromatic heterocycles. The van der Waals surface area contributed by atoms with Gasteiger partial charge in [0.25, 0.3) is 0 Å². The van der Waals surface area contributed by atoms with E-state index >= 15 is 0 Å². The topological polar surface area (TPSA) is 9.23 Å². The van der Waals surface area contributed by atoms with Gasteiger partial charge in [-0.15, -0.1) is 0 Å². The third-order valence-corrected chi connectivity index (χ3v) is 2.56. The molecule has 1 aromatic rings. The van der Waals surface area contributed by atoms with Crippen LogP contribution in [0.2, 0.25) is 5.02 Å². The number of hydrogen-bond donors (Lipinski definition) is 0. The highest BCUT2D eigenvalue weighted by Crippen LogP contribution is 2.40. The largest absolute Gasteiger partial charge is 0.496 e. The normalized spacial score (nSPS) is 12.0. The molecular weight excluding hydrogens is 241 g/mol. The van der Waals surface area contributed by atoms with Crippen molar-refractivity contribution in [3.05, 3.63) is 28.3 Å². The van der Waals surface area contributed by atoms with Gasteiger partial charge in [0.1, 0.15) is 5.75 Å². The first-order valence-corrected chi connectivity index (χ1v) is 5.09. The van der Waals surface area contributed by atoms with E-state index in [-0.39, 0.29) is 10.9 Å². The van der Waals surface area contributed by atoms with E-state index in [1.165, 1.54) is 13.2 Å². The zero-order chi connectivity index (χ0) is 12.5. The van der Waals surface area contributed by atoms with Crippen LogP contribution in [0, 0.1) is 0 Å². The predicted octanol–water partition coefficient (Wildman–Crippen LogP) is 4.49. The lowest BCUT2D eigenvalue weighted by molar-refractivity contribution is -0.137. The van der Waals surface area contributed by atoms with Crippen LogP contribution in [0.3, 0.4) is 0 Å². The molecule has 5 heteroatoms. The molecule has 0 fully saturated rings. The van der Waals surface area contributed by atoms with Gasteiger partial charge < -0.3 is 4.74 Å². The first-order valence-electron chi connectivity index (χ1n) is 4.72. The Morgan fingerprint density at radius 1 is 1.25 bits per heavy atom. The molecule has 90 valence electrons. The van der Waals surface area contributed by atoms with Crippen molar-refractivity contribution < 1.29 is 17.9 Å². The molecule has 0 spiro atoms. The highest BCUT2D eigenvalue weighted by Gasteiger charge is 2.34. The van der Waals surface area contributed by atoms with Crippen molar-refractivity contribution in [1.29, 1.82) is 0 Å². The Morgan fingerprint density at radius 3 is 2.19 bits per heavy atom. The molecule has 1 nitrogen and oxygen atoms in total. The summed E-state index contributed by atoms with van der Waals surface area (Å²) in [6.07, 6.45) is -4.44. The predicted molar refractivity (Wildman–Crippen MR) is 57.1 cm³/mol. The van der Waals surface area contributed by atoms with E-state index in [1.807, 2.05) is 0 Å². The number of benzene rings is 1. The molecule has 0 saturated carbocycles. The Morgan fingerprint density at radius 2 is 1.81 bits per heavy atom. The van der Waals surface area contributed by atoms with Crippen molar-refractivity contribution in [2.75, 3.05) is 7.11 Å². The molecule has 0 heterocycles. The standard InChI is InChI=1S/C11H12ClF3O/c1-6(2)7-4-8(11(13,14)15)9(12)5-10(7)16-3/h4-6H,1-3H3. The monoisotopic (exact) mass is 252 g/mol. The van der Waals surface area contributed by atoms with Gasteiger partial charge in [-0.25, -0.2) is 0 Å². The first-order chi connectivity index (χ1) is 7.27. The number of ether oxygens (including phenoxy) is 1. The van der Waals surface area contributed by atoms with Crippen molar-refractivity contribution >= 4 is 11.6 Å². The number of alkyl halides is 3. The van der Waals surface area contributed by atoms with Crippen LogP contribution in [0.1, 0.15) is 30.9 Å². The molecule has 0 aliphatic rings. The van der Waals surface area contributed by atoms with Crippen LogP contribution in [-0.2, 0) is 6.18 Å². The summed E-state index contributed by atoms with van der Waals surface area (Å²) in [5.74, 6) is 0.321. The quantitative estimate of drug-likeness (QED) is 0.753. The van der Waals surface area contributed by atoms with Gasteiger partial charge in [-0.05, 0) is 23.6 Å². The highest BCUT2D eigenvalue weighted by atomic mass is 35.5. The van der Waals surface area contributed by atoms with E-state index in [1.54, 1.807) is 13.8 Å². The second-order valence-electron chi connectivity index (χ2n) is 3.73. The average molecular weight is 253 g/mol. The third kappa shape index (κ3) is 2.61. The third-order valence-electron chi connectivity index (χ3n) is 2.25. The molecule has 0 N–H and O–H groups in total. The van der Waals surface area contributed by atoms with Crippen LogP contribution in [0.5, 0.6) is 5.75 Å². The summed E-state index contributed by atoms with van der Waals surface area (Å²) >= 11 is 5.57. The molecule has 0 unspecified atom stereocenters. The van der Waals surface area contributed by atoms with E-state index in [0.717, 1.165) is 6.07 Å². The molecule has 0 aliphatic carbocycles. The summed E-state index contributed by atoms with van der Waals surface area (Å²) in [6.45, 7) is 3.60. The van der Waals surface area contributed by atoms with Crippen LogP contribution in [-0.4, -0.2) is 7.11 Å². The smallest absolute Gasteiger partial charge is 0.417 e. The second kappa shape index (κ2) is 4.53. The van der Waals surface area contributed by atoms with Gasteiger partial charge in [0, 0.05) is 0 Å². The lowest BCUT2D eigenvalue weighted by atomic mass is 9.99. The Balaban J connectivity index is 3.39. The minimum absolute atomic E-state index is 0.0617. The zero-order valence-electron chi connectivity index (χ0n) is 9.15. The van der Waals surface area contributed by atoms with Crippen LogP contribution < -0.4 is 4.74 Å². The molecule has 0 aliphatic heterocycles. The van der Waals surface area contributed by atoms with E-state index in [9.17, 15) is 13.2 Å². The molecule has 0 radical (unpaired) electrons. The van der Waals surface area contributed by atoms with Crippen molar-refractivity contribution in [2.45, 2.75) is 25.9 Å². The summed E-state index contributed by atoms with van der Waals surface area (Å²) in [7, 11) is 1.41. The summed E-state index contributed by atoms with van der Waals surface area (Å²) < 4.78 is 42.8. The fourth-order valence-electron chi connectivity index (χ4n) is 1.42. The maximum Gasteiger partial charge on any atom is 0.417 e. The summed E-state index contributed by atoms with van der Waals surface area (Å²) in [5.41, 5.74) is -0.321. The Kier molecular flexibility index (Phi) is 3.73. The van der Waals surface area contributed by atoms with E-state index in [4.69, 9.17) is 16.3 Å². The van der Waals surface area contributed by atoms with Gasteiger partial charge in [0.15, 0.2) is 0 Å². The van der Waals surface area contributed by atoms with E-state index in [2.05, 4.69) is 0 Å². The SMILES string of the molecule is COc1cc(Cl)c(C(F)(F)F)cc1C(C)C. The maximum absolute atomic E-state index is 12.6. The van der Waals surface area contributed by atoms with Crippen LogP contribution >= 0.6 is 11.6 Å². The van der Waals surface area contributed by atoms with Gasteiger partial charge in [-0.3, -0.25) is 0 Å². The van der Waals surface area contributed by atoms with Crippen LogP contribution in [0.25, 0.3) is 0 Å². The molecule has 0 amide bonds. The summed E-state index contributed by atoms with van der Waals surface area (Å²) in [5, 5.41) is -0.339. The summed E-state index contributed by atoms with van der Waals surface area (Å²) in [4.78, 5) is 0.